The molecule has 1 saturated carbocycles. The molecule has 94 valence electrons. The van der Waals surface area contributed by atoms with Crippen molar-refractivity contribution in [2.45, 2.75) is 51.5 Å². The molecule has 0 amide bonds. The maximum Gasteiger partial charge on any atom is 0.151 e. The van der Waals surface area contributed by atoms with Gasteiger partial charge in [-0.1, -0.05) is 13.3 Å². The minimum absolute atomic E-state index is 0.216. The largest absolute Gasteiger partial charge is 0.312 e. The van der Waals surface area contributed by atoms with Crippen molar-refractivity contribution in [3.8, 4) is 0 Å². The molecule has 1 aliphatic carbocycles. The van der Waals surface area contributed by atoms with Crippen molar-refractivity contribution in [3.05, 3.63) is 0 Å². The molecule has 0 bridgehead atoms. The number of sulfone groups is 1. The lowest BCUT2D eigenvalue weighted by Gasteiger charge is -2.25. The average molecular weight is 245 g/mol. The molecule has 1 unspecified atom stereocenters. The van der Waals surface area contributed by atoms with Gasteiger partial charge < -0.3 is 5.32 Å². The van der Waals surface area contributed by atoms with Gasteiger partial charge in [-0.15, -0.1) is 0 Å². The van der Waals surface area contributed by atoms with Crippen molar-refractivity contribution in [1.82, 2.24) is 5.32 Å². The second kappa shape index (κ2) is 4.65. The van der Waals surface area contributed by atoms with Crippen LogP contribution in [0.4, 0.5) is 0 Å². The van der Waals surface area contributed by atoms with Crippen molar-refractivity contribution in [1.29, 1.82) is 0 Å². The highest BCUT2D eigenvalue weighted by Gasteiger charge is 2.41. The van der Waals surface area contributed by atoms with E-state index in [1.54, 1.807) is 0 Å². The van der Waals surface area contributed by atoms with Crippen molar-refractivity contribution in [3.63, 3.8) is 0 Å². The average Bonchev–Trinajstić information content (AvgIpc) is 2.95. The number of hydrogen-bond donors (Lipinski definition) is 1. The van der Waals surface area contributed by atoms with E-state index in [0.29, 0.717) is 16.9 Å². The van der Waals surface area contributed by atoms with E-state index in [-0.39, 0.29) is 6.04 Å². The molecule has 4 heteroatoms. The summed E-state index contributed by atoms with van der Waals surface area (Å²) >= 11 is 0. The molecule has 3 nitrogen and oxygen atoms in total. The van der Waals surface area contributed by atoms with Crippen LogP contribution in [0.25, 0.3) is 0 Å². The van der Waals surface area contributed by atoms with E-state index in [4.69, 9.17) is 0 Å². The summed E-state index contributed by atoms with van der Waals surface area (Å²) in [7, 11) is -2.75. The third-order valence-electron chi connectivity index (χ3n) is 3.97. The summed E-state index contributed by atoms with van der Waals surface area (Å²) in [6, 6.07) is 0.216. The molecule has 0 spiro atoms. The normalized spacial score (nSPS) is 31.2. The molecule has 2 rings (SSSR count). The predicted octanol–water partition coefficient (Wildman–Crippen LogP) is 1.73. The van der Waals surface area contributed by atoms with Crippen LogP contribution in [0.1, 0.15) is 45.4 Å². The molecule has 2 aliphatic rings. The predicted molar refractivity (Wildman–Crippen MR) is 66.3 cm³/mol. The van der Waals surface area contributed by atoms with Crippen LogP contribution in [-0.4, -0.2) is 32.5 Å². The zero-order chi connectivity index (χ0) is 11.6. The molecule has 0 aromatic carbocycles. The highest BCUT2D eigenvalue weighted by Crippen LogP contribution is 2.49. The Hall–Kier alpha value is -0.0900. The summed E-state index contributed by atoms with van der Waals surface area (Å²) in [5.74, 6) is 0.750. The fourth-order valence-corrected chi connectivity index (χ4v) is 4.44. The summed E-state index contributed by atoms with van der Waals surface area (Å²) in [6.45, 7) is 3.26. The van der Waals surface area contributed by atoms with Crippen LogP contribution in [0.15, 0.2) is 0 Å². The van der Waals surface area contributed by atoms with Gasteiger partial charge in [-0.3, -0.25) is 0 Å². The summed E-state index contributed by atoms with van der Waals surface area (Å²) in [5, 5.41) is 3.49. The van der Waals surface area contributed by atoms with E-state index < -0.39 is 9.84 Å². The molecule has 1 heterocycles. The van der Waals surface area contributed by atoms with Crippen LogP contribution in [0.5, 0.6) is 0 Å². The first-order chi connectivity index (χ1) is 7.55. The molecule has 0 radical (unpaired) electrons. The van der Waals surface area contributed by atoms with Gasteiger partial charge in [0.05, 0.1) is 11.5 Å². The summed E-state index contributed by atoms with van der Waals surface area (Å²) in [6.07, 6.45) is 7.05. The van der Waals surface area contributed by atoms with E-state index in [2.05, 4.69) is 12.2 Å². The quantitative estimate of drug-likeness (QED) is 0.802. The molecule has 1 aliphatic heterocycles. The molecule has 1 saturated heterocycles. The lowest BCUT2D eigenvalue weighted by Crippen LogP contribution is -2.42. The Morgan fingerprint density at radius 2 is 2.12 bits per heavy atom. The number of hydrogen-bond acceptors (Lipinski definition) is 3. The molecule has 0 aromatic rings. The van der Waals surface area contributed by atoms with Gasteiger partial charge >= 0.3 is 0 Å². The molecule has 2 fully saturated rings. The van der Waals surface area contributed by atoms with E-state index in [0.717, 1.165) is 19.4 Å². The highest BCUT2D eigenvalue weighted by atomic mass is 32.2. The smallest absolute Gasteiger partial charge is 0.151 e. The van der Waals surface area contributed by atoms with E-state index in [1.165, 1.54) is 25.7 Å². The SMILES string of the molecule is CCCC1(CNC2CCCS(=O)(=O)C2)CC1. The lowest BCUT2D eigenvalue weighted by atomic mass is 10.00. The zero-order valence-corrected chi connectivity index (χ0v) is 11.0. The molecule has 1 atom stereocenters. The Morgan fingerprint density at radius 1 is 1.38 bits per heavy atom. The van der Waals surface area contributed by atoms with Gasteiger partial charge in [0.1, 0.15) is 0 Å². The highest BCUT2D eigenvalue weighted by molar-refractivity contribution is 7.91. The molecular weight excluding hydrogens is 222 g/mol. The van der Waals surface area contributed by atoms with E-state index >= 15 is 0 Å². The van der Waals surface area contributed by atoms with Crippen molar-refractivity contribution in [2.75, 3.05) is 18.1 Å². The van der Waals surface area contributed by atoms with Crippen LogP contribution in [0.3, 0.4) is 0 Å². The zero-order valence-electron chi connectivity index (χ0n) is 10.2. The van der Waals surface area contributed by atoms with Crippen molar-refractivity contribution < 1.29 is 8.42 Å². The minimum atomic E-state index is -2.75. The van der Waals surface area contributed by atoms with Crippen molar-refractivity contribution >= 4 is 9.84 Å². The Balaban J connectivity index is 1.78. The third-order valence-corrected chi connectivity index (χ3v) is 5.79. The maximum absolute atomic E-state index is 11.5. The van der Waals surface area contributed by atoms with Crippen LogP contribution in [-0.2, 0) is 9.84 Å². The fourth-order valence-electron chi connectivity index (χ4n) is 2.77. The van der Waals surface area contributed by atoms with Gasteiger partial charge in [0.2, 0.25) is 0 Å². The fraction of sp³-hybridized carbons (Fsp3) is 1.00. The van der Waals surface area contributed by atoms with Gasteiger partial charge in [0.25, 0.3) is 0 Å². The Bertz CT molecular complexity index is 333. The summed E-state index contributed by atoms with van der Waals surface area (Å²) in [4.78, 5) is 0. The van der Waals surface area contributed by atoms with Crippen LogP contribution in [0, 0.1) is 5.41 Å². The van der Waals surface area contributed by atoms with E-state index in [9.17, 15) is 8.42 Å². The van der Waals surface area contributed by atoms with Gasteiger partial charge in [0, 0.05) is 12.6 Å². The molecule has 1 N–H and O–H groups in total. The van der Waals surface area contributed by atoms with Crippen LogP contribution >= 0.6 is 0 Å². The number of rotatable bonds is 5. The van der Waals surface area contributed by atoms with Crippen LogP contribution in [0.2, 0.25) is 0 Å². The van der Waals surface area contributed by atoms with Gasteiger partial charge in [-0.2, -0.15) is 0 Å². The third kappa shape index (κ3) is 3.20. The first kappa shape index (κ1) is 12.4. The van der Waals surface area contributed by atoms with Gasteiger partial charge in [0.15, 0.2) is 9.84 Å². The topological polar surface area (TPSA) is 46.2 Å². The first-order valence-electron chi connectivity index (χ1n) is 6.49. The molecule has 16 heavy (non-hydrogen) atoms. The monoisotopic (exact) mass is 245 g/mol. The number of nitrogens with one attached hydrogen (secondary N) is 1. The summed E-state index contributed by atoms with van der Waals surface area (Å²) in [5.41, 5.74) is 0.524. The minimum Gasteiger partial charge on any atom is -0.312 e. The van der Waals surface area contributed by atoms with E-state index in [1.807, 2.05) is 0 Å². The van der Waals surface area contributed by atoms with Crippen molar-refractivity contribution in [2.24, 2.45) is 5.41 Å². The molecule has 0 aromatic heterocycles. The maximum atomic E-state index is 11.5. The second-order valence-corrected chi connectivity index (χ2v) is 7.81. The van der Waals surface area contributed by atoms with Gasteiger partial charge in [-0.05, 0) is 37.5 Å². The second-order valence-electron chi connectivity index (χ2n) is 5.58. The Morgan fingerprint density at radius 3 is 2.69 bits per heavy atom. The standard InChI is InChI=1S/C12H23NO2S/c1-2-5-12(6-7-12)10-13-11-4-3-8-16(14,15)9-11/h11,13H,2-10H2,1H3. The lowest BCUT2D eigenvalue weighted by molar-refractivity contribution is 0.380. The summed E-state index contributed by atoms with van der Waals surface area (Å²) < 4.78 is 23.0. The molecular formula is C12H23NO2S. The Labute approximate surface area is 98.9 Å². The first-order valence-corrected chi connectivity index (χ1v) is 8.31. The Kier molecular flexibility index (Phi) is 3.59. The van der Waals surface area contributed by atoms with Gasteiger partial charge in [-0.25, -0.2) is 8.42 Å². The van der Waals surface area contributed by atoms with Crippen LogP contribution < -0.4 is 5.32 Å².